The molecule has 3 N–H and O–H groups in total. The molecule has 0 bridgehead atoms. The van der Waals surface area contributed by atoms with Crippen LogP contribution in [0.3, 0.4) is 0 Å². The summed E-state index contributed by atoms with van der Waals surface area (Å²) in [6.07, 6.45) is 3.28. The Labute approximate surface area is 112 Å². The third kappa shape index (κ3) is 3.55. The molecular formula is C12H16N4O2S. The molecule has 0 saturated carbocycles. The number of nitrogens with two attached hydrogens (primary N) is 1. The van der Waals surface area contributed by atoms with Crippen molar-refractivity contribution in [3.8, 4) is 0 Å². The molecule has 0 aliphatic rings. The Morgan fingerprint density at radius 3 is 2.53 bits per heavy atom. The lowest BCUT2D eigenvalue weighted by Gasteiger charge is -2.16. The zero-order chi connectivity index (χ0) is 13.9. The third-order valence-corrected chi connectivity index (χ3v) is 4.54. The predicted molar refractivity (Wildman–Crippen MR) is 73.5 cm³/mol. The summed E-state index contributed by atoms with van der Waals surface area (Å²) < 4.78 is 25.7. The van der Waals surface area contributed by atoms with E-state index in [-0.39, 0.29) is 5.75 Å². The first kappa shape index (κ1) is 13.6. The van der Waals surface area contributed by atoms with Crippen molar-refractivity contribution in [3.05, 3.63) is 47.8 Å². The summed E-state index contributed by atoms with van der Waals surface area (Å²) >= 11 is 0. The standard InChI is InChI=1S/C12H16N4O2S/c1-16(8-11-6-14-15-7-11)19(17,18)9-10-2-4-12(13)5-3-10/h2-7H,8-9,13H2,1H3,(H,14,15). The maximum Gasteiger partial charge on any atom is 0.218 e. The average molecular weight is 280 g/mol. The summed E-state index contributed by atoms with van der Waals surface area (Å²) in [6.45, 7) is 0.299. The normalized spacial score (nSPS) is 11.9. The zero-order valence-corrected chi connectivity index (χ0v) is 11.4. The van der Waals surface area contributed by atoms with Gasteiger partial charge in [0, 0.05) is 31.0 Å². The van der Waals surface area contributed by atoms with Crippen molar-refractivity contribution in [2.24, 2.45) is 0 Å². The number of sulfonamides is 1. The van der Waals surface area contributed by atoms with Crippen LogP contribution in [-0.2, 0) is 22.3 Å². The summed E-state index contributed by atoms with van der Waals surface area (Å²) in [6, 6.07) is 6.83. The van der Waals surface area contributed by atoms with Crippen molar-refractivity contribution in [2.45, 2.75) is 12.3 Å². The lowest BCUT2D eigenvalue weighted by atomic mass is 10.2. The Bertz CT molecular complexity index is 620. The maximum atomic E-state index is 12.2. The van der Waals surface area contributed by atoms with Crippen LogP contribution < -0.4 is 5.73 Å². The summed E-state index contributed by atoms with van der Waals surface area (Å²) in [5, 5.41) is 6.45. The quantitative estimate of drug-likeness (QED) is 0.798. The Hall–Kier alpha value is -1.86. The summed E-state index contributed by atoms with van der Waals surface area (Å²) in [7, 11) is -1.80. The van der Waals surface area contributed by atoms with Gasteiger partial charge in [-0.25, -0.2) is 12.7 Å². The minimum Gasteiger partial charge on any atom is -0.399 e. The fourth-order valence-corrected chi connectivity index (χ4v) is 2.83. The number of H-pyrrole nitrogens is 1. The molecule has 0 radical (unpaired) electrons. The van der Waals surface area contributed by atoms with Gasteiger partial charge >= 0.3 is 0 Å². The van der Waals surface area contributed by atoms with Gasteiger partial charge in [0.25, 0.3) is 0 Å². The first-order chi connectivity index (χ1) is 8.97. The van der Waals surface area contributed by atoms with E-state index in [2.05, 4.69) is 10.2 Å². The van der Waals surface area contributed by atoms with E-state index in [0.717, 1.165) is 5.56 Å². The molecule has 0 aliphatic heterocycles. The van der Waals surface area contributed by atoms with Crippen LogP contribution in [0, 0.1) is 0 Å². The number of aromatic amines is 1. The van der Waals surface area contributed by atoms with Crippen LogP contribution in [0.15, 0.2) is 36.7 Å². The van der Waals surface area contributed by atoms with Crippen LogP contribution in [0.5, 0.6) is 0 Å². The van der Waals surface area contributed by atoms with Crippen LogP contribution in [0.1, 0.15) is 11.1 Å². The van der Waals surface area contributed by atoms with Crippen LogP contribution in [0.4, 0.5) is 5.69 Å². The molecule has 1 aromatic carbocycles. The molecule has 0 fully saturated rings. The second-order valence-electron chi connectivity index (χ2n) is 4.36. The summed E-state index contributed by atoms with van der Waals surface area (Å²) in [5.41, 5.74) is 7.73. The fourth-order valence-electron chi connectivity index (χ4n) is 1.65. The number of hydrogen-bond acceptors (Lipinski definition) is 4. The van der Waals surface area contributed by atoms with E-state index in [1.807, 2.05) is 0 Å². The SMILES string of the molecule is CN(Cc1cn[nH]c1)S(=O)(=O)Cc1ccc(N)cc1. The number of aromatic nitrogens is 2. The Kier molecular flexibility index (Phi) is 3.87. The van der Waals surface area contributed by atoms with Gasteiger partial charge in [0.05, 0.1) is 11.9 Å². The van der Waals surface area contributed by atoms with Crippen LogP contribution in [-0.4, -0.2) is 30.0 Å². The highest BCUT2D eigenvalue weighted by Gasteiger charge is 2.19. The maximum absolute atomic E-state index is 12.2. The van der Waals surface area contributed by atoms with Gasteiger partial charge in [0.2, 0.25) is 10.0 Å². The number of nitrogens with one attached hydrogen (secondary N) is 1. The molecule has 19 heavy (non-hydrogen) atoms. The van der Waals surface area contributed by atoms with Gasteiger partial charge < -0.3 is 5.73 Å². The Morgan fingerprint density at radius 1 is 1.26 bits per heavy atom. The fraction of sp³-hybridized carbons (Fsp3) is 0.250. The highest BCUT2D eigenvalue weighted by atomic mass is 32.2. The monoisotopic (exact) mass is 280 g/mol. The van der Waals surface area contributed by atoms with Gasteiger partial charge in [-0.05, 0) is 17.7 Å². The number of hydrogen-bond donors (Lipinski definition) is 2. The molecule has 0 amide bonds. The van der Waals surface area contributed by atoms with E-state index < -0.39 is 10.0 Å². The van der Waals surface area contributed by atoms with Gasteiger partial charge in [0.1, 0.15) is 0 Å². The van der Waals surface area contributed by atoms with Gasteiger partial charge in [-0.3, -0.25) is 5.10 Å². The number of nitrogen functional groups attached to an aromatic ring is 1. The first-order valence-corrected chi connectivity index (χ1v) is 7.34. The van der Waals surface area contributed by atoms with E-state index in [0.29, 0.717) is 17.8 Å². The van der Waals surface area contributed by atoms with Crippen LogP contribution in [0.2, 0.25) is 0 Å². The molecule has 1 heterocycles. The predicted octanol–water partition coefficient (Wildman–Crippen LogP) is 0.954. The molecular weight excluding hydrogens is 264 g/mol. The number of benzene rings is 1. The molecule has 1 aromatic heterocycles. The van der Waals surface area contributed by atoms with E-state index in [4.69, 9.17) is 5.73 Å². The molecule has 0 spiro atoms. The van der Waals surface area contributed by atoms with Crippen molar-refractivity contribution in [1.29, 1.82) is 0 Å². The number of nitrogens with zero attached hydrogens (tertiary/aromatic N) is 2. The average Bonchev–Trinajstić information content (AvgIpc) is 2.84. The van der Waals surface area contributed by atoms with Crippen molar-refractivity contribution < 1.29 is 8.42 Å². The van der Waals surface area contributed by atoms with E-state index in [1.165, 1.54) is 4.31 Å². The second kappa shape index (κ2) is 5.41. The van der Waals surface area contributed by atoms with Crippen molar-refractivity contribution >= 4 is 15.7 Å². The van der Waals surface area contributed by atoms with Crippen molar-refractivity contribution in [1.82, 2.24) is 14.5 Å². The van der Waals surface area contributed by atoms with Gasteiger partial charge in [-0.2, -0.15) is 5.10 Å². The van der Waals surface area contributed by atoms with Crippen LogP contribution in [0.25, 0.3) is 0 Å². The molecule has 2 aromatic rings. The van der Waals surface area contributed by atoms with E-state index in [9.17, 15) is 8.42 Å². The minimum atomic E-state index is -3.35. The lowest BCUT2D eigenvalue weighted by Crippen LogP contribution is -2.27. The minimum absolute atomic E-state index is 0.0400. The highest BCUT2D eigenvalue weighted by Crippen LogP contribution is 2.13. The molecule has 102 valence electrons. The molecule has 0 unspecified atom stereocenters. The molecule has 0 atom stereocenters. The molecule has 2 rings (SSSR count). The molecule has 7 heteroatoms. The third-order valence-electron chi connectivity index (χ3n) is 2.76. The summed E-state index contributed by atoms with van der Waals surface area (Å²) in [4.78, 5) is 0. The topological polar surface area (TPSA) is 92.1 Å². The first-order valence-electron chi connectivity index (χ1n) is 5.73. The largest absolute Gasteiger partial charge is 0.399 e. The Balaban J connectivity index is 2.07. The molecule has 0 saturated heterocycles. The van der Waals surface area contributed by atoms with Crippen LogP contribution >= 0.6 is 0 Å². The number of anilines is 1. The van der Waals surface area contributed by atoms with Gasteiger partial charge in [-0.15, -0.1) is 0 Å². The highest BCUT2D eigenvalue weighted by molar-refractivity contribution is 7.88. The van der Waals surface area contributed by atoms with E-state index >= 15 is 0 Å². The molecule has 0 aliphatic carbocycles. The van der Waals surface area contributed by atoms with Gasteiger partial charge in [0.15, 0.2) is 0 Å². The smallest absolute Gasteiger partial charge is 0.218 e. The van der Waals surface area contributed by atoms with E-state index in [1.54, 1.807) is 43.7 Å². The molecule has 6 nitrogen and oxygen atoms in total. The Morgan fingerprint density at radius 2 is 1.95 bits per heavy atom. The van der Waals surface area contributed by atoms with Crippen molar-refractivity contribution in [3.63, 3.8) is 0 Å². The number of rotatable bonds is 5. The lowest BCUT2D eigenvalue weighted by molar-refractivity contribution is 0.466. The summed E-state index contributed by atoms with van der Waals surface area (Å²) in [5.74, 6) is -0.0400. The second-order valence-corrected chi connectivity index (χ2v) is 6.44. The van der Waals surface area contributed by atoms with Crippen molar-refractivity contribution in [2.75, 3.05) is 12.8 Å². The zero-order valence-electron chi connectivity index (χ0n) is 10.6. The van der Waals surface area contributed by atoms with Gasteiger partial charge in [-0.1, -0.05) is 12.1 Å².